The number of ketones is 1. The lowest BCUT2D eigenvalue weighted by molar-refractivity contribution is -0.144. The first-order chi connectivity index (χ1) is 29.5. The van der Waals surface area contributed by atoms with Crippen LogP contribution in [-0.4, -0.2) is 143 Å². The van der Waals surface area contributed by atoms with E-state index in [1.807, 2.05) is 23.7 Å². The van der Waals surface area contributed by atoms with Crippen LogP contribution >= 0.6 is 8.07 Å². The van der Waals surface area contributed by atoms with Crippen molar-refractivity contribution in [3.05, 3.63) is 58.7 Å². The molecule has 3 aliphatic rings. The number of likely N-dealkylation sites (tertiary alicyclic amines) is 1. The van der Waals surface area contributed by atoms with Crippen molar-refractivity contribution in [1.29, 1.82) is 0 Å². The number of benzene rings is 2. The van der Waals surface area contributed by atoms with Gasteiger partial charge in [-0.1, -0.05) is 24.3 Å². The highest BCUT2D eigenvalue weighted by Gasteiger charge is 2.51. The lowest BCUT2D eigenvalue weighted by Crippen LogP contribution is -2.51. The van der Waals surface area contributed by atoms with Crippen LogP contribution in [0.1, 0.15) is 48.4 Å². The minimum Gasteiger partial charge on any atom is -0.493 e. The standard InChI is InChI=1S/C22H26F2N4O7.C12H16N2O2.C5H13BN3OP/c1-34-15-5-3-12(7-16(15)35-2)9-25-21(33)19(31)14-8-22(23,24)11-28(14)18(30)10-26-20(32)13-4-6-17(29)27-13;1-9(16)14-6-11-4-2-3-10(5-13-8-15)12(11)7-14;1-7-11(2)5(10)8-3-4-9-6/h3,5,7,13-14H,4,6,8-11H2,1-2H3,(H,25,33)(H,26,32)(H,27,29);2-4,13,15H,5-8H2,1H3;7,9H,3-4H2,1-2H3,(H,8,10). The van der Waals surface area contributed by atoms with Gasteiger partial charge in [0.15, 0.2) is 19.5 Å². The van der Waals surface area contributed by atoms with Crippen LogP contribution in [-0.2, 0) is 54.9 Å². The van der Waals surface area contributed by atoms with Crippen molar-refractivity contribution in [2.24, 2.45) is 0 Å². The molecule has 3 unspecified atom stereocenters. The van der Waals surface area contributed by atoms with Crippen LogP contribution in [0.25, 0.3) is 0 Å². The van der Waals surface area contributed by atoms with Crippen molar-refractivity contribution >= 4 is 57.0 Å². The number of halogens is 2. The van der Waals surface area contributed by atoms with Gasteiger partial charge in [0.25, 0.3) is 17.5 Å². The number of hydrogen-bond donors (Lipinski definition) is 8. The van der Waals surface area contributed by atoms with E-state index in [0.717, 1.165) is 5.56 Å². The molecule has 3 heterocycles. The summed E-state index contributed by atoms with van der Waals surface area (Å²) in [6.07, 6.45) is -0.588. The van der Waals surface area contributed by atoms with E-state index in [2.05, 4.69) is 43.0 Å². The average Bonchev–Trinajstić information content (AvgIpc) is 4.00. The Morgan fingerprint density at radius 2 is 1.73 bits per heavy atom. The summed E-state index contributed by atoms with van der Waals surface area (Å²) in [6, 6.07) is 8.41. The maximum atomic E-state index is 14.1. The first kappa shape index (κ1) is 51.1. The lowest BCUT2D eigenvalue weighted by Gasteiger charge is -2.23. The molecule has 2 aromatic carbocycles. The second kappa shape index (κ2) is 25.0. The van der Waals surface area contributed by atoms with Crippen LogP contribution in [0.3, 0.4) is 0 Å². The Labute approximate surface area is 361 Å². The van der Waals surface area contributed by atoms with Crippen LogP contribution in [0, 0.1) is 0 Å². The number of hydrogen-bond acceptors (Lipinski definition) is 13. The normalized spacial score (nSPS) is 17.5. The second-order valence-electron chi connectivity index (χ2n) is 14.2. The van der Waals surface area contributed by atoms with Crippen LogP contribution in [0.2, 0.25) is 0 Å². The molecular formula is C39H55BF2N9O10P. The smallest absolute Gasteiger partial charge is 0.289 e. The summed E-state index contributed by atoms with van der Waals surface area (Å²) in [7, 11) is 8.95. The summed E-state index contributed by atoms with van der Waals surface area (Å²) in [5, 5.41) is 26.8. The van der Waals surface area contributed by atoms with Crippen molar-refractivity contribution in [2.75, 3.05) is 60.8 Å². The molecule has 2 radical (unpaired) electrons. The third-order valence-corrected chi connectivity index (χ3v) is 11.3. The molecule has 5 rings (SSSR count). The Morgan fingerprint density at radius 3 is 2.34 bits per heavy atom. The van der Waals surface area contributed by atoms with E-state index in [-0.39, 0.29) is 43.6 Å². The van der Waals surface area contributed by atoms with Gasteiger partial charge in [0.2, 0.25) is 29.4 Å². The highest BCUT2D eigenvalue weighted by molar-refractivity contribution is 7.72. The van der Waals surface area contributed by atoms with Crippen molar-refractivity contribution in [3.8, 4) is 11.5 Å². The number of alkyl halides is 2. The van der Waals surface area contributed by atoms with Crippen molar-refractivity contribution < 1.29 is 56.9 Å². The minimum atomic E-state index is -3.37. The number of aliphatic hydroxyl groups is 1. The Bertz CT molecular complexity index is 1920. The SMILES string of the molecule is CC(=O)N1Cc2cccc(CNCO)c2C1.COc1ccc(CNC(=O)C(=O)C2CC(F)(F)CN2C(=O)CNC(=O)C2CCC(=O)N2)cc1OC.[B]NCCNC(=O)P(C)NC. The largest absolute Gasteiger partial charge is 0.493 e. The Hall–Kier alpha value is -5.28. The maximum absolute atomic E-state index is 14.1. The molecule has 0 aromatic heterocycles. The molecule has 0 spiro atoms. The zero-order chi connectivity index (χ0) is 46.0. The Morgan fingerprint density at radius 1 is 1.00 bits per heavy atom. The van der Waals surface area contributed by atoms with Gasteiger partial charge in [0.1, 0.15) is 12.1 Å². The van der Waals surface area contributed by atoms with Crippen LogP contribution < -0.4 is 46.4 Å². The molecule has 19 nitrogen and oxygen atoms in total. The zero-order valence-corrected chi connectivity index (χ0v) is 36.3. The fourth-order valence-electron chi connectivity index (χ4n) is 6.45. The third kappa shape index (κ3) is 15.3. The summed E-state index contributed by atoms with van der Waals surface area (Å²) >= 11 is 0. The van der Waals surface area contributed by atoms with Crippen molar-refractivity contribution in [2.45, 2.75) is 70.4 Å². The van der Waals surface area contributed by atoms with E-state index in [1.54, 1.807) is 32.2 Å². The fourth-order valence-corrected chi connectivity index (χ4v) is 7.01. The van der Waals surface area contributed by atoms with Gasteiger partial charge in [-0.25, -0.2) is 8.78 Å². The number of Topliss-reactive ketones (excluding diaryl/α,β-unsaturated/α-hetero) is 1. The molecule has 3 atom stereocenters. The van der Waals surface area contributed by atoms with Crippen LogP contribution in [0.15, 0.2) is 36.4 Å². The summed E-state index contributed by atoms with van der Waals surface area (Å²) in [6.45, 7) is 4.84. The number of carbonyl (C=O) groups is 7. The molecule has 0 aliphatic carbocycles. The van der Waals surface area contributed by atoms with Gasteiger partial charge in [0, 0.05) is 59.0 Å². The predicted octanol–water partition coefficient (Wildman–Crippen LogP) is -0.277. The van der Waals surface area contributed by atoms with E-state index in [1.165, 1.54) is 25.3 Å². The summed E-state index contributed by atoms with van der Waals surface area (Å²) in [5.74, 6) is -6.60. The van der Waals surface area contributed by atoms with E-state index < -0.39 is 69.1 Å². The van der Waals surface area contributed by atoms with E-state index in [9.17, 15) is 42.3 Å². The molecule has 8 N–H and O–H groups in total. The molecule has 3 aliphatic heterocycles. The Balaban J connectivity index is 0.000000310. The zero-order valence-electron chi connectivity index (χ0n) is 35.4. The van der Waals surface area contributed by atoms with Gasteiger partial charge in [-0.2, -0.15) is 0 Å². The average molecular weight is 890 g/mol. The van der Waals surface area contributed by atoms with Crippen molar-refractivity contribution in [1.82, 2.24) is 46.7 Å². The monoisotopic (exact) mass is 889 g/mol. The fraction of sp³-hybridized carbons (Fsp3) is 0.513. The molecule has 338 valence electrons. The quantitative estimate of drug-likeness (QED) is 0.0336. The second-order valence-corrected chi connectivity index (χ2v) is 16.2. The van der Waals surface area contributed by atoms with Crippen LogP contribution in [0.4, 0.5) is 13.6 Å². The number of aliphatic hydroxyl groups excluding tert-OH is 1. The highest BCUT2D eigenvalue weighted by Crippen LogP contribution is 2.33. The predicted molar refractivity (Wildman–Crippen MR) is 225 cm³/mol. The number of amides is 6. The number of methoxy groups -OCH3 is 2. The Kier molecular flexibility index (Phi) is 20.6. The molecular weight excluding hydrogens is 834 g/mol. The van der Waals surface area contributed by atoms with Gasteiger partial charge < -0.3 is 50.9 Å². The van der Waals surface area contributed by atoms with Crippen LogP contribution in [0.5, 0.6) is 11.5 Å². The number of rotatable bonds is 17. The lowest BCUT2D eigenvalue weighted by atomic mass is 10.0. The topological polar surface area (TPSA) is 249 Å². The van der Waals surface area contributed by atoms with E-state index >= 15 is 0 Å². The summed E-state index contributed by atoms with van der Waals surface area (Å²) < 4.78 is 38.5. The summed E-state index contributed by atoms with van der Waals surface area (Å²) in [5.41, 5.74) is 4.22. The maximum Gasteiger partial charge on any atom is 0.289 e. The number of fused-ring (bicyclic) bond motifs is 1. The van der Waals surface area contributed by atoms with Gasteiger partial charge in [-0.05, 0) is 54.5 Å². The van der Waals surface area contributed by atoms with Crippen molar-refractivity contribution in [3.63, 3.8) is 0 Å². The molecule has 23 heteroatoms. The van der Waals surface area contributed by atoms with Gasteiger partial charge in [0.05, 0.1) is 42.1 Å². The first-order valence-electron chi connectivity index (χ1n) is 19.5. The number of ether oxygens (including phenoxy) is 2. The highest BCUT2D eigenvalue weighted by atomic mass is 31.1. The number of nitrogens with zero attached hydrogens (tertiary/aromatic N) is 2. The van der Waals surface area contributed by atoms with E-state index in [4.69, 9.17) is 22.6 Å². The summed E-state index contributed by atoms with van der Waals surface area (Å²) in [4.78, 5) is 85.7. The molecule has 0 bridgehead atoms. The number of carbonyl (C=O) groups excluding carboxylic acids is 7. The molecule has 62 heavy (non-hydrogen) atoms. The van der Waals surface area contributed by atoms with Gasteiger partial charge >= 0.3 is 0 Å². The molecule has 2 aromatic rings. The molecule has 2 fully saturated rings. The molecule has 0 saturated carbocycles. The molecule has 6 amide bonds. The minimum absolute atomic E-state index is 0.0277. The number of nitrogens with one attached hydrogen (secondary N) is 7. The molecule has 2 saturated heterocycles. The van der Waals surface area contributed by atoms with Gasteiger partial charge in [-0.3, -0.25) is 44.0 Å². The first-order valence-corrected chi connectivity index (χ1v) is 21.3. The van der Waals surface area contributed by atoms with E-state index in [0.29, 0.717) is 54.7 Å². The third-order valence-electron chi connectivity index (χ3n) is 9.88. The van der Waals surface area contributed by atoms with Gasteiger partial charge in [-0.15, -0.1) is 0 Å².